The van der Waals surface area contributed by atoms with Gasteiger partial charge in [-0.2, -0.15) is 0 Å². The molecule has 0 spiro atoms. The number of rotatable bonds is 8. The van der Waals surface area contributed by atoms with Gasteiger partial charge in [0.1, 0.15) is 5.25 Å². The number of aliphatic imine (C=N–C) groups is 1. The Morgan fingerprint density at radius 1 is 1.31 bits per heavy atom. The van der Waals surface area contributed by atoms with E-state index in [0.717, 1.165) is 33.1 Å². The van der Waals surface area contributed by atoms with Crippen LogP contribution in [0.5, 0.6) is 0 Å². The van der Waals surface area contributed by atoms with Crippen molar-refractivity contribution in [2.24, 2.45) is 16.5 Å². The third-order valence-electron chi connectivity index (χ3n) is 6.40. The van der Waals surface area contributed by atoms with Crippen molar-refractivity contribution < 1.29 is 13.2 Å². The molecule has 0 saturated heterocycles. The van der Waals surface area contributed by atoms with Crippen molar-refractivity contribution in [1.29, 1.82) is 0 Å². The predicted octanol–water partition coefficient (Wildman–Crippen LogP) is 2.56. The van der Waals surface area contributed by atoms with Crippen LogP contribution in [0.4, 0.5) is 10.5 Å². The summed E-state index contributed by atoms with van der Waals surface area (Å²) in [6, 6.07) is 12.4. The highest BCUT2D eigenvalue weighted by atomic mass is 32.2. The molecule has 2 aliphatic heterocycles. The topological polar surface area (TPSA) is 134 Å². The van der Waals surface area contributed by atoms with Crippen LogP contribution in [-0.4, -0.2) is 44.3 Å². The summed E-state index contributed by atoms with van der Waals surface area (Å²) in [6.45, 7) is 7.45. The molecule has 2 unspecified atom stereocenters. The van der Waals surface area contributed by atoms with Crippen molar-refractivity contribution in [2.75, 3.05) is 24.5 Å². The molecule has 0 radical (unpaired) electrons. The number of hydrogen-bond donors (Lipinski definition) is 3. The highest BCUT2D eigenvalue weighted by Gasteiger charge is 2.39. The number of fused-ring (bicyclic) bond motifs is 1. The second-order valence-electron chi connectivity index (χ2n) is 8.71. The minimum absolute atomic E-state index is 0.0417. The lowest BCUT2D eigenvalue weighted by atomic mass is 10.0. The molecule has 10 heteroatoms. The maximum absolute atomic E-state index is 13.7. The van der Waals surface area contributed by atoms with Gasteiger partial charge in [-0.05, 0) is 41.2 Å². The molecule has 186 valence electrons. The molecular formula is C25H32N6O3S. The number of nitrogens with two attached hydrogens (primary N) is 2. The molecule has 2 amide bonds. The summed E-state index contributed by atoms with van der Waals surface area (Å²) in [4.78, 5) is 18.6. The molecule has 35 heavy (non-hydrogen) atoms. The van der Waals surface area contributed by atoms with E-state index in [0.29, 0.717) is 31.6 Å². The molecule has 0 aromatic heterocycles. The van der Waals surface area contributed by atoms with Crippen molar-refractivity contribution in [3.05, 3.63) is 77.4 Å². The number of nitrogens with zero attached hydrogens (tertiary/aromatic N) is 3. The van der Waals surface area contributed by atoms with E-state index in [9.17, 15) is 13.2 Å². The monoisotopic (exact) mass is 496 g/mol. The van der Waals surface area contributed by atoms with Gasteiger partial charge in [0.05, 0.1) is 12.6 Å². The molecule has 5 N–H and O–H groups in total. The Balaban J connectivity index is 1.57. The van der Waals surface area contributed by atoms with Crippen LogP contribution in [0.15, 0.2) is 60.1 Å². The van der Waals surface area contributed by atoms with E-state index in [1.165, 1.54) is 6.08 Å². The van der Waals surface area contributed by atoms with Crippen LogP contribution in [0.2, 0.25) is 0 Å². The van der Waals surface area contributed by atoms with E-state index in [1.807, 2.05) is 37.3 Å². The first-order valence-electron chi connectivity index (χ1n) is 11.7. The Kier molecular flexibility index (Phi) is 7.13. The standard InChI is InChI=1S/C25H32N6O3S/c1-3-11-28-25(32)30-12-10-19-14-20(8-9-22(19)30)23(4-2)35(33,34)31-16-21(29-24(31)27)18-7-5-6-17(13-18)15-26/h4-9,13-14,21,23H,2-3,10-12,15-16,26H2,1H3,(H2,27,29)(H,28,32). The summed E-state index contributed by atoms with van der Waals surface area (Å²) in [6.07, 6.45) is 2.92. The number of amides is 2. The molecule has 9 nitrogen and oxygen atoms in total. The van der Waals surface area contributed by atoms with E-state index >= 15 is 0 Å². The summed E-state index contributed by atoms with van der Waals surface area (Å²) >= 11 is 0. The summed E-state index contributed by atoms with van der Waals surface area (Å²) in [5.74, 6) is -0.0417. The molecular weight excluding hydrogens is 464 g/mol. The molecule has 0 bridgehead atoms. The van der Waals surface area contributed by atoms with Crippen LogP contribution in [0.3, 0.4) is 0 Å². The lowest BCUT2D eigenvalue weighted by molar-refractivity contribution is 0.247. The fraction of sp³-hybridized carbons (Fsp3) is 0.360. The molecule has 2 heterocycles. The van der Waals surface area contributed by atoms with Crippen LogP contribution in [0, 0.1) is 0 Å². The Hall–Kier alpha value is -3.37. The SMILES string of the molecule is C=CC(c1ccc2c(c1)CCN2C(=O)NCCC)S(=O)(=O)N1CC(c2cccc(CN)c2)N=C1N. The molecule has 0 saturated carbocycles. The third-order valence-corrected chi connectivity index (χ3v) is 8.45. The van der Waals surface area contributed by atoms with Crippen LogP contribution in [-0.2, 0) is 23.0 Å². The lowest BCUT2D eigenvalue weighted by Crippen LogP contribution is -2.41. The molecule has 2 aromatic rings. The average Bonchev–Trinajstić information content (AvgIpc) is 3.46. The van der Waals surface area contributed by atoms with E-state index in [1.54, 1.807) is 17.0 Å². The average molecular weight is 497 g/mol. The fourth-order valence-corrected chi connectivity index (χ4v) is 6.23. The maximum atomic E-state index is 13.7. The summed E-state index contributed by atoms with van der Waals surface area (Å²) in [5.41, 5.74) is 16.0. The highest BCUT2D eigenvalue weighted by molar-refractivity contribution is 7.90. The quantitative estimate of drug-likeness (QED) is 0.483. The number of anilines is 1. The number of urea groups is 1. The minimum Gasteiger partial charge on any atom is -0.369 e. The van der Waals surface area contributed by atoms with Gasteiger partial charge >= 0.3 is 6.03 Å². The van der Waals surface area contributed by atoms with Gasteiger partial charge in [0.2, 0.25) is 16.0 Å². The molecule has 2 aromatic carbocycles. The molecule has 4 rings (SSSR count). The van der Waals surface area contributed by atoms with Crippen LogP contribution < -0.4 is 21.7 Å². The van der Waals surface area contributed by atoms with Gasteiger partial charge in [0, 0.05) is 25.3 Å². The number of hydrogen-bond acceptors (Lipinski definition) is 6. The van der Waals surface area contributed by atoms with Gasteiger partial charge in [0.15, 0.2) is 0 Å². The van der Waals surface area contributed by atoms with Gasteiger partial charge in [0.25, 0.3) is 0 Å². The summed E-state index contributed by atoms with van der Waals surface area (Å²) in [5, 5.41) is 1.89. The first kappa shape index (κ1) is 24.7. The number of carbonyl (C=O) groups is 1. The van der Waals surface area contributed by atoms with Crippen molar-refractivity contribution in [3.8, 4) is 0 Å². The Labute approximate surface area is 206 Å². The minimum atomic E-state index is -3.93. The van der Waals surface area contributed by atoms with Crippen LogP contribution >= 0.6 is 0 Å². The van der Waals surface area contributed by atoms with Gasteiger partial charge in [-0.15, -0.1) is 6.58 Å². The number of guanidine groups is 1. The summed E-state index contributed by atoms with van der Waals surface area (Å²) in [7, 11) is -3.93. The third kappa shape index (κ3) is 4.76. The van der Waals surface area contributed by atoms with Gasteiger partial charge in [-0.3, -0.25) is 4.90 Å². The zero-order chi connectivity index (χ0) is 25.2. The normalized spacial score (nSPS) is 18.2. The van der Waals surface area contributed by atoms with Gasteiger partial charge in [-0.1, -0.05) is 49.4 Å². The van der Waals surface area contributed by atoms with Crippen LogP contribution in [0.25, 0.3) is 0 Å². The second-order valence-corrected chi connectivity index (χ2v) is 10.7. The zero-order valence-corrected chi connectivity index (χ0v) is 20.7. The van der Waals surface area contributed by atoms with Crippen molar-refractivity contribution in [1.82, 2.24) is 9.62 Å². The number of sulfonamides is 1. The zero-order valence-electron chi connectivity index (χ0n) is 19.9. The van der Waals surface area contributed by atoms with Gasteiger partial charge in [-0.25, -0.2) is 22.5 Å². The number of benzene rings is 2. The largest absolute Gasteiger partial charge is 0.369 e. The van der Waals surface area contributed by atoms with Crippen molar-refractivity contribution in [3.63, 3.8) is 0 Å². The van der Waals surface area contributed by atoms with E-state index in [2.05, 4.69) is 16.9 Å². The Morgan fingerprint density at radius 2 is 2.11 bits per heavy atom. The van der Waals surface area contributed by atoms with E-state index in [4.69, 9.17) is 11.5 Å². The molecule has 2 atom stereocenters. The second kappa shape index (κ2) is 10.1. The predicted molar refractivity (Wildman–Crippen MR) is 138 cm³/mol. The van der Waals surface area contributed by atoms with Crippen LogP contribution in [0.1, 0.15) is 46.9 Å². The fourth-order valence-electron chi connectivity index (χ4n) is 4.56. The molecule has 0 aliphatic carbocycles. The summed E-state index contributed by atoms with van der Waals surface area (Å²) < 4.78 is 28.5. The first-order valence-corrected chi connectivity index (χ1v) is 13.2. The Morgan fingerprint density at radius 3 is 2.83 bits per heavy atom. The van der Waals surface area contributed by atoms with E-state index < -0.39 is 21.3 Å². The number of nitrogens with one attached hydrogen (secondary N) is 1. The van der Waals surface area contributed by atoms with Gasteiger partial charge < -0.3 is 16.8 Å². The maximum Gasteiger partial charge on any atom is 0.321 e. The number of carbonyl (C=O) groups excluding carboxylic acids is 1. The molecule has 2 aliphatic rings. The van der Waals surface area contributed by atoms with Crippen molar-refractivity contribution in [2.45, 2.75) is 37.6 Å². The first-order chi connectivity index (χ1) is 16.8. The Bertz CT molecular complexity index is 1260. The lowest BCUT2D eigenvalue weighted by Gasteiger charge is -2.25. The molecule has 0 fully saturated rings. The smallest absolute Gasteiger partial charge is 0.321 e. The highest BCUT2D eigenvalue weighted by Crippen LogP contribution is 2.36. The van der Waals surface area contributed by atoms with Crippen molar-refractivity contribution >= 4 is 27.7 Å². The van der Waals surface area contributed by atoms with E-state index in [-0.39, 0.29) is 18.5 Å².